The van der Waals surface area contributed by atoms with Crippen LogP contribution in [0, 0.1) is 12.7 Å². The van der Waals surface area contributed by atoms with E-state index in [2.05, 4.69) is 5.10 Å². The van der Waals surface area contributed by atoms with Gasteiger partial charge in [0.05, 0.1) is 19.3 Å². The van der Waals surface area contributed by atoms with Crippen molar-refractivity contribution in [3.05, 3.63) is 81.5 Å². The van der Waals surface area contributed by atoms with Crippen molar-refractivity contribution in [2.45, 2.75) is 37.8 Å². The third kappa shape index (κ3) is 4.20. The summed E-state index contributed by atoms with van der Waals surface area (Å²) >= 11 is 1.35. The van der Waals surface area contributed by atoms with Crippen LogP contribution in [-0.4, -0.2) is 26.4 Å². The number of aryl methyl sites for hydroxylation is 2. The van der Waals surface area contributed by atoms with Crippen LogP contribution in [0.25, 0.3) is 11.0 Å². The number of nitrogens with zero attached hydrogens (tertiary/aromatic N) is 4. The molecular weight excluding hydrogens is 415 g/mol. The lowest BCUT2D eigenvalue weighted by molar-refractivity contribution is 0.414. The van der Waals surface area contributed by atoms with Crippen molar-refractivity contribution in [3.8, 4) is 5.75 Å². The SMILES string of the molecule is CCn1nc(C)c2nc(SCc3ccccc3F)n(Cc3ccc(OC)cc3)c(=O)c21. The Hall–Kier alpha value is -3.13. The molecule has 4 rings (SSSR count). The molecule has 0 saturated heterocycles. The fraction of sp³-hybridized carbons (Fsp3) is 0.261. The Bertz CT molecular complexity index is 1280. The van der Waals surface area contributed by atoms with E-state index in [1.54, 1.807) is 34.6 Å². The molecule has 0 saturated carbocycles. The molecule has 0 radical (unpaired) electrons. The number of hydrogen-bond donors (Lipinski definition) is 0. The molecular formula is C23H23FN4O2S. The Labute approximate surface area is 183 Å². The summed E-state index contributed by atoms with van der Waals surface area (Å²) in [4.78, 5) is 18.3. The smallest absolute Gasteiger partial charge is 0.280 e. The number of thioether (sulfide) groups is 1. The van der Waals surface area contributed by atoms with Crippen LogP contribution in [0.1, 0.15) is 23.7 Å². The Balaban J connectivity index is 1.79. The minimum atomic E-state index is -0.268. The molecule has 2 aromatic carbocycles. The van der Waals surface area contributed by atoms with E-state index in [0.717, 1.165) is 11.3 Å². The van der Waals surface area contributed by atoms with Gasteiger partial charge in [0.2, 0.25) is 0 Å². The summed E-state index contributed by atoms with van der Waals surface area (Å²) in [7, 11) is 1.61. The molecule has 0 unspecified atom stereocenters. The van der Waals surface area contributed by atoms with Crippen LogP contribution in [0.3, 0.4) is 0 Å². The number of benzene rings is 2. The fourth-order valence-corrected chi connectivity index (χ4v) is 4.42. The maximum atomic E-state index is 14.1. The predicted molar refractivity (Wildman–Crippen MR) is 120 cm³/mol. The van der Waals surface area contributed by atoms with Crippen LogP contribution in [-0.2, 0) is 18.8 Å². The molecule has 0 aliphatic heterocycles. The van der Waals surface area contributed by atoms with E-state index >= 15 is 0 Å². The number of rotatable bonds is 7. The standard InChI is InChI=1S/C23H23FN4O2S/c1-4-28-21-20(15(2)26-28)25-23(31-14-17-7-5-6-8-19(17)24)27(22(21)29)13-16-9-11-18(30-3)12-10-16/h5-12H,4,13-14H2,1-3H3. The van der Waals surface area contributed by atoms with Crippen LogP contribution in [0.15, 0.2) is 58.5 Å². The highest BCUT2D eigenvalue weighted by atomic mass is 32.2. The lowest BCUT2D eigenvalue weighted by Crippen LogP contribution is -2.25. The molecule has 0 aliphatic carbocycles. The van der Waals surface area contributed by atoms with E-state index in [1.807, 2.05) is 38.1 Å². The van der Waals surface area contributed by atoms with Crippen LogP contribution in [0.5, 0.6) is 5.75 Å². The largest absolute Gasteiger partial charge is 0.497 e. The van der Waals surface area contributed by atoms with E-state index in [9.17, 15) is 9.18 Å². The van der Waals surface area contributed by atoms with Gasteiger partial charge in [0.1, 0.15) is 17.1 Å². The Morgan fingerprint density at radius 2 is 1.87 bits per heavy atom. The minimum absolute atomic E-state index is 0.153. The van der Waals surface area contributed by atoms with E-state index in [-0.39, 0.29) is 11.4 Å². The number of halogens is 1. The summed E-state index contributed by atoms with van der Waals surface area (Å²) in [5.41, 5.74) is 3.14. The van der Waals surface area contributed by atoms with Gasteiger partial charge < -0.3 is 4.74 Å². The highest BCUT2D eigenvalue weighted by molar-refractivity contribution is 7.98. The number of hydrogen-bond acceptors (Lipinski definition) is 5. The zero-order valence-electron chi connectivity index (χ0n) is 17.6. The highest BCUT2D eigenvalue weighted by Gasteiger charge is 2.19. The van der Waals surface area contributed by atoms with Crippen LogP contribution in [0.4, 0.5) is 4.39 Å². The third-order valence-electron chi connectivity index (χ3n) is 5.10. The second-order valence-corrected chi connectivity index (χ2v) is 8.05. The summed E-state index contributed by atoms with van der Waals surface area (Å²) in [5.74, 6) is 0.849. The quantitative estimate of drug-likeness (QED) is 0.316. The zero-order chi connectivity index (χ0) is 22.0. The van der Waals surface area contributed by atoms with Crippen molar-refractivity contribution in [1.82, 2.24) is 19.3 Å². The molecule has 31 heavy (non-hydrogen) atoms. The first-order valence-electron chi connectivity index (χ1n) is 9.99. The second kappa shape index (κ2) is 8.93. The summed E-state index contributed by atoms with van der Waals surface area (Å²) in [6.45, 7) is 4.71. The third-order valence-corrected chi connectivity index (χ3v) is 6.12. The van der Waals surface area contributed by atoms with Crippen molar-refractivity contribution in [2.75, 3.05) is 7.11 Å². The highest BCUT2D eigenvalue weighted by Crippen LogP contribution is 2.25. The molecule has 0 atom stereocenters. The Kier molecular flexibility index (Phi) is 6.08. The first-order valence-corrected chi connectivity index (χ1v) is 11.0. The monoisotopic (exact) mass is 438 g/mol. The number of methoxy groups -OCH3 is 1. The van der Waals surface area contributed by atoms with Gasteiger partial charge in [0.15, 0.2) is 10.7 Å². The zero-order valence-corrected chi connectivity index (χ0v) is 18.4. The van der Waals surface area contributed by atoms with Gasteiger partial charge in [-0.2, -0.15) is 5.10 Å². The maximum absolute atomic E-state index is 14.1. The lowest BCUT2D eigenvalue weighted by Gasteiger charge is -2.13. The second-order valence-electron chi connectivity index (χ2n) is 7.11. The molecule has 0 fully saturated rings. The molecule has 0 bridgehead atoms. The van der Waals surface area contributed by atoms with Gasteiger partial charge in [0, 0.05) is 12.3 Å². The molecule has 0 amide bonds. The lowest BCUT2D eigenvalue weighted by atomic mass is 10.2. The molecule has 0 aliphatic rings. The average molecular weight is 439 g/mol. The van der Waals surface area contributed by atoms with Crippen molar-refractivity contribution in [2.24, 2.45) is 0 Å². The van der Waals surface area contributed by atoms with Crippen LogP contribution in [0.2, 0.25) is 0 Å². The van der Waals surface area contributed by atoms with Gasteiger partial charge in [-0.15, -0.1) is 0 Å². The van der Waals surface area contributed by atoms with E-state index in [4.69, 9.17) is 9.72 Å². The van der Waals surface area contributed by atoms with E-state index in [0.29, 0.717) is 46.3 Å². The van der Waals surface area contributed by atoms with Gasteiger partial charge in [0.25, 0.3) is 5.56 Å². The topological polar surface area (TPSA) is 61.9 Å². The van der Waals surface area contributed by atoms with Gasteiger partial charge in [-0.25, -0.2) is 9.37 Å². The van der Waals surface area contributed by atoms with Gasteiger partial charge in [-0.05, 0) is 43.2 Å². The number of fused-ring (bicyclic) bond motifs is 1. The summed E-state index contributed by atoms with van der Waals surface area (Å²) in [6.07, 6.45) is 0. The molecule has 4 aromatic rings. The predicted octanol–water partition coefficient (Wildman–Crippen LogP) is 4.41. The molecule has 2 heterocycles. The van der Waals surface area contributed by atoms with Crippen LogP contribution < -0.4 is 10.3 Å². The molecule has 160 valence electrons. The molecule has 0 spiro atoms. The molecule has 6 nitrogen and oxygen atoms in total. The summed E-state index contributed by atoms with van der Waals surface area (Å²) in [5, 5.41) is 5.01. The summed E-state index contributed by atoms with van der Waals surface area (Å²) in [6, 6.07) is 14.2. The van der Waals surface area contributed by atoms with Crippen LogP contribution >= 0.6 is 11.8 Å². The fourth-order valence-electron chi connectivity index (χ4n) is 3.44. The summed E-state index contributed by atoms with van der Waals surface area (Å²) < 4.78 is 22.7. The van der Waals surface area contributed by atoms with Crippen molar-refractivity contribution in [3.63, 3.8) is 0 Å². The normalized spacial score (nSPS) is 11.2. The van der Waals surface area contributed by atoms with Crippen molar-refractivity contribution < 1.29 is 9.13 Å². The van der Waals surface area contributed by atoms with E-state index in [1.165, 1.54) is 17.8 Å². The first kappa shape index (κ1) is 21.1. The van der Waals surface area contributed by atoms with Crippen molar-refractivity contribution >= 4 is 22.8 Å². The van der Waals surface area contributed by atoms with Gasteiger partial charge >= 0.3 is 0 Å². The minimum Gasteiger partial charge on any atom is -0.497 e. The Morgan fingerprint density at radius 1 is 1.13 bits per heavy atom. The molecule has 0 N–H and O–H groups in total. The average Bonchev–Trinajstić information content (AvgIpc) is 3.11. The number of aromatic nitrogens is 4. The molecule has 2 aromatic heterocycles. The van der Waals surface area contributed by atoms with Crippen molar-refractivity contribution in [1.29, 1.82) is 0 Å². The first-order chi connectivity index (χ1) is 15.0. The van der Waals surface area contributed by atoms with Gasteiger partial charge in [-0.1, -0.05) is 42.1 Å². The Morgan fingerprint density at radius 3 is 2.55 bits per heavy atom. The van der Waals surface area contributed by atoms with Gasteiger partial charge in [-0.3, -0.25) is 14.0 Å². The number of ether oxygens (including phenoxy) is 1. The van der Waals surface area contributed by atoms with E-state index < -0.39 is 0 Å². The molecule has 8 heteroatoms. The maximum Gasteiger partial charge on any atom is 0.280 e.